The second-order valence-electron chi connectivity index (χ2n) is 6.72. The SMILES string of the molecule is CCOC(=O)c1sc2nc(-c3ccccc3)cc(C)c2c1NC(=O)c1ccccc1. The van der Waals surface area contributed by atoms with E-state index in [2.05, 4.69) is 5.32 Å². The highest BCUT2D eigenvalue weighted by atomic mass is 32.1. The van der Waals surface area contributed by atoms with Gasteiger partial charge in [0.05, 0.1) is 18.0 Å². The van der Waals surface area contributed by atoms with E-state index in [0.29, 0.717) is 21.0 Å². The number of amides is 1. The molecule has 6 heteroatoms. The molecule has 0 bridgehead atoms. The van der Waals surface area contributed by atoms with Gasteiger partial charge in [-0.2, -0.15) is 0 Å². The van der Waals surface area contributed by atoms with Crippen molar-refractivity contribution in [2.45, 2.75) is 13.8 Å². The lowest BCUT2D eigenvalue weighted by molar-refractivity contribution is 0.0533. The van der Waals surface area contributed by atoms with Gasteiger partial charge in [0, 0.05) is 16.5 Å². The Morgan fingerprint density at radius 1 is 1.03 bits per heavy atom. The van der Waals surface area contributed by atoms with E-state index < -0.39 is 5.97 Å². The Labute approximate surface area is 178 Å². The van der Waals surface area contributed by atoms with Crippen molar-refractivity contribution < 1.29 is 14.3 Å². The van der Waals surface area contributed by atoms with Crippen LogP contribution in [0.4, 0.5) is 5.69 Å². The van der Waals surface area contributed by atoms with E-state index in [9.17, 15) is 9.59 Å². The number of fused-ring (bicyclic) bond motifs is 1. The lowest BCUT2D eigenvalue weighted by Crippen LogP contribution is -2.14. The predicted molar refractivity (Wildman–Crippen MR) is 120 cm³/mol. The van der Waals surface area contributed by atoms with E-state index in [-0.39, 0.29) is 12.5 Å². The van der Waals surface area contributed by atoms with Crippen LogP contribution in [0.1, 0.15) is 32.5 Å². The number of ether oxygens (including phenoxy) is 1. The molecule has 2 aromatic heterocycles. The molecule has 0 unspecified atom stereocenters. The Morgan fingerprint density at radius 2 is 1.70 bits per heavy atom. The van der Waals surface area contributed by atoms with Gasteiger partial charge in [0.25, 0.3) is 5.91 Å². The third kappa shape index (κ3) is 3.82. The zero-order valence-corrected chi connectivity index (χ0v) is 17.5. The minimum atomic E-state index is -0.468. The highest BCUT2D eigenvalue weighted by Crippen LogP contribution is 2.39. The number of carbonyl (C=O) groups excluding carboxylic acids is 2. The van der Waals surface area contributed by atoms with Crippen LogP contribution in [-0.2, 0) is 4.74 Å². The summed E-state index contributed by atoms with van der Waals surface area (Å²) in [6.45, 7) is 3.96. The standard InChI is InChI=1S/C24H20N2O3S/c1-3-29-24(28)21-20(26-22(27)17-12-8-5-9-13-17)19-15(2)14-18(25-23(19)30-21)16-10-6-4-7-11-16/h4-14H,3H2,1-2H3,(H,26,27). The van der Waals surface area contributed by atoms with Gasteiger partial charge in [-0.25, -0.2) is 9.78 Å². The van der Waals surface area contributed by atoms with Gasteiger partial charge in [-0.1, -0.05) is 48.5 Å². The maximum Gasteiger partial charge on any atom is 0.350 e. The molecular weight excluding hydrogens is 396 g/mol. The molecule has 1 amide bonds. The summed E-state index contributed by atoms with van der Waals surface area (Å²) in [5.41, 5.74) is 3.70. The Morgan fingerprint density at radius 3 is 2.37 bits per heavy atom. The van der Waals surface area contributed by atoms with E-state index in [0.717, 1.165) is 22.2 Å². The van der Waals surface area contributed by atoms with Crippen LogP contribution in [-0.4, -0.2) is 23.5 Å². The maximum atomic E-state index is 12.8. The zero-order valence-electron chi connectivity index (χ0n) is 16.6. The first kappa shape index (κ1) is 19.8. The molecule has 4 rings (SSSR count). The average molecular weight is 417 g/mol. The van der Waals surface area contributed by atoms with Crippen LogP contribution in [0.5, 0.6) is 0 Å². The zero-order chi connectivity index (χ0) is 21.1. The number of nitrogens with one attached hydrogen (secondary N) is 1. The Balaban J connectivity index is 1.85. The number of anilines is 1. The number of pyridine rings is 1. The van der Waals surface area contributed by atoms with E-state index in [1.165, 1.54) is 11.3 Å². The van der Waals surface area contributed by atoms with Gasteiger partial charge in [-0.05, 0) is 37.6 Å². The molecule has 0 saturated heterocycles. The molecule has 2 aromatic carbocycles. The van der Waals surface area contributed by atoms with Crippen LogP contribution >= 0.6 is 11.3 Å². The predicted octanol–water partition coefficient (Wildman–Crippen LogP) is 5.70. The maximum absolute atomic E-state index is 12.8. The molecule has 0 atom stereocenters. The summed E-state index contributed by atoms with van der Waals surface area (Å²) in [7, 11) is 0. The Bertz CT molecular complexity index is 1220. The van der Waals surface area contributed by atoms with Gasteiger partial charge in [0.2, 0.25) is 0 Å². The lowest BCUT2D eigenvalue weighted by atomic mass is 10.1. The molecule has 0 aliphatic heterocycles. The highest BCUT2D eigenvalue weighted by Gasteiger charge is 2.24. The van der Waals surface area contributed by atoms with E-state index in [4.69, 9.17) is 9.72 Å². The first-order chi connectivity index (χ1) is 14.6. The summed E-state index contributed by atoms with van der Waals surface area (Å²) in [6.07, 6.45) is 0. The number of aromatic nitrogens is 1. The van der Waals surface area contributed by atoms with E-state index in [1.54, 1.807) is 31.2 Å². The molecule has 0 aliphatic carbocycles. The molecule has 0 aliphatic rings. The summed E-state index contributed by atoms with van der Waals surface area (Å²) in [4.78, 5) is 31.2. The van der Waals surface area contributed by atoms with E-state index in [1.807, 2.05) is 49.4 Å². The van der Waals surface area contributed by atoms with Crippen molar-refractivity contribution in [3.05, 3.63) is 82.7 Å². The van der Waals surface area contributed by atoms with Crippen LogP contribution in [0.2, 0.25) is 0 Å². The topological polar surface area (TPSA) is 68.3 Å². The fourth-order valence-corrected chi connectivity index (χ4v) is 4.37. The quantitative estimate of drug-likeness (QED) is 0.424. The molecule has 30 heavy (non-hydrogen) atoms. The second-order valence-corrected chi connectivity index (χ2v) is 7.72. The Hall–Kier alpha value is -3.51. The number of thiophene rings is 1. The van der Waals surface area contributed by atoms with Crippen molar-refractivity contribution >= 4 is 39.1 Å². The number of hydrogen-bond donors (Lipinski definition) is 1. The molecule has 4 aromatic rings. The molecule has 2 heterocycles. The van der Waals surface area contributed by atoms with Crippen LogP contribution in [0.15, 0.2) is 66.7 Å². The van der Waals surface area contributed by atoms with Gasteiger partial charge < -0.3 is 10.1 Å². The molecule has 150 valence electrons. The molecule has 0 saturated carbocycles. The van der Waals surface area contributed by atoms with Crippen molar-refractivity contribution in [3.8, 4) is 11.3 Å². The van der Waals surface area contributed by atoms with Crippen molar-refractivity contribution in [2.24, 2.45) is 0 Å². The number of nitrogens with zero attached hydrogens (tertiary/aromatic N) is 1. The molecule has 0 spiro atoms. The monoisotopic (exact) mass is 416 g/mol. The number of hydrogen-bond acceptors (Lipinski definition) is 5. The van der Waals surface area contributed by atoms with Gasteiger partial charge in [0.1, 0.15) is 9.71 Å². The van der Waals surface area contributed by atoms with Crippen molar-refractivity contribution in [1.29, 1.82) is 0 Å². The smallest absolute Gasteiger partial charge is 0.350 e. The fraction of sp³-hybridized carbons (Fsp3) is 0.125. The van der Waals surface area contributed by atoms with Crippen LogP contribution in [0.3, 0.4) is 0 Å². The van der Waals surface area contributed by atoms with Crippen LogP contribution in [0.25, 0.3) is 21.5 Å². The van der Waals surface area contributed by atoms with Crippen LogP contribution in [0, 0.1) is 6.92 Å². The lowest BCUT2D eigenvalue weighted by Gasteiger charge is -2.09. The summed E-state index contributed by atoms with van der Waals surface area (Å²) < 4.78 is 5.23. The largest absolute Gasteiger partial charge is 0.462 e. The summed E-state index contributed by atoms with van der Waals surface area (Å²) in [5, 5.41) is 3.68. The summed E-state index contributed by atoms with van der Waals surface area (Å²) in [5.74, 6) is -0.753. The van der Waals surface area contributed by atoms with Crippen molar-refractivity contribution in [1.82, 2.24) is 4.98 Å². The normalized spacial score (nSPS) is 10.7. The molecule has 0 fully saturated rings. The van der Waals surface area contributed by atoms with Gasteiger partial charge in [-0.3, -0.25) is 4.79 Å². The number of rotatable bonds is 5. The first-order valence-corrected chi connectivity index (χ1v) is 10.4. The highest BCUT2D eigenvalue weighted by molar-refractivity contribution is 7.21. The molecule has 0 radical (unpaired) electrons. The van der Waals surface area contributed by atoms with Gasteiger partial charge >= 0.3 is 5.97 Å². The second kappa shape index (κ2) is 8.47. The van der Waals surface area contributed by atoms with Gasteiger partial charge in [-0.15, -0.1) is 11.3 Å². The molecular formula is C24H20N2O3S. The van der Waals surface area contributed by atoms with E-state index >= 15 is 0 Å². The number of carbonyl (C=O) groups is 2. The fourth-order valence-electron chi connectivity index (χ4n) is 3.27. The number of esters is 1. The first-order valence-electron chi connectivity index (χ1n) is 9.61. The minimum Gasteiger partial charge on any atom is -0.462 e. The third-order valence-corrected chi connectivity index (χ3v) is 5.73. The summed E-state index contributed by atoms with van der Waals surface area (Å²) >= 11 is 1.23. The minimum absolute atomic E-state index is 0.251. The third-order valence-electron chi connectivity index (χ3n) is 4.66. The average Bonchev–Trinajstić information content (AvgIpc) is 3.14. The van der Waals surface area contributed by atoms with Gasteiger partial charge in [0.15, 0.2) is 0 Å². The Kier molecular flexibility index (Phi) is 5.59. The summed E-state index contributed by atoms with van der Waals surface area (Å²) in [6, 6.07) is 20.7. The molecule has 1 N–H and O–H groups in total. The number of aryl methyl sites for hydroxylation is 1. The number of benzene rings is 2. The van der Waals surface area contributed by atoms with Crippen molar-refractivity contribution in [2.75, 3.05) is 11.9 Å². The van der Waals surface area contributed by atoms with Crippen molar-refractivity contribution in [3.63, 3.8) is 0 Å². The molecule has 5 nitrogen and oxygen atoms in total. The van der Waals surface area contributed by atoms with Crippen LogP contribution < -0.4 is 5.32 Å².